The normalized spacial score (nSPS) is 18.2. The molecule has 1 atom stereocenters. The van der Waals surface area contributed by atoms with E-state index in [1.807, 2.05) is 38.3 Å². The third-order valence-corrected chi connectivity index (χ3v) is 10.7. The van der Waals surface area contributed by atoms with Crippen molar-refractivity contribution in [3.8, 4) is 0 Å². The summed E-state index contributed by atoms with van der Waals surface area (Å²) in [4.78, 5) is 8.35. The molecule has 9 heteroatoms. The highest BCUT2D eigenvalue weighted by atomic mass is 32.3. The van der Waals surface area contributed by atoms with Crippen LogP contribution in [0.1, 0.15) is 55.6 Å². The Labute approximate surface area is 200 Å². The monoisotopic (exact) mass is 492 g/mol. The zero-order chi connectivity index (χ0) is 22.9. The quantitative estimate of drug-likeness (QED) is 0.518. The molecule has 6 nitrogen and oxygen atoms in total. The van der Waals surface area contributed by atoms with Crippen LogP contribution in [0, 0.1) is 0 Å². The molecule has 2 aliphatic rings. The van der Waals surface area contributed by atoms with Gasteiger partial charge in [-0.1, -0.05) is 32.1 Å². The van der Waals surface area contributed by atoms with Crippen LogP contribution in [-0.4, -0.2) is 43.2 Å². The van der Waals surface area contributed by atoms with Gasteiger partial charge in [0.25, 0.3) is 10.0 Å². The summed E-state index contributed by atoms with van der Waals surface area (Å²) < 4.78 is 29.0. The Morgan fingerprint density at radius 3 is 2.69 bits per heavy atom. The van der Waals surface area contributed by atoms with Crippen molar-refractivity contribution in [1.82, 2.24) is 9.88 Å². The smallest absolute Gasteiger partial charge is 0.270 e. The SMILES string of the molecule is CCN(CC)Cc1cnc(C2Cc3cccc(N(C(C)C)S(=O)(=O)C4=CCCS4)c3N2)s1. The van der Waals surface area contributed by atoms with Crippen molar-refractivity contribution in [1.29, 1.82) is 0 Å². The van der Waals surface area contributed by atoms with Crippen molar-refractivity contribution in [2.45, 2.75) is 59.2 Å². The molecule has 3 heterocycles. The Kier molecular flexibility index (Phi) is 7.19. The van der Waals surface area contributed by atoms with E-state index in [0.29, 0.717) is 4.24 Å². The van der Waals surface area contributed by atoms with Crippen molar-refractivity contribution in [2.24, 2.45) is 0 Å². The minimum atomic E-state index is -3.57. The molecule has 0 saturated carbocycles. The number of nitrogens with zero attached hydrogens (tertiary/aromatic N) is 3. The molecule has 0 radical (unpaired) electrons. The fraction of sp³-hybridized carbons (Fsp3) is 0.522. The molecule has 1 aromatic carbocycles. The van der Waals surface area contributed by atoms with Crippen molar-refractivity contribution >= 4 is 44.5 Å². The van der Waals surface area contributed by atoms with Gasteiger partial charge in [-0.3, -0.25) is 9.21 Å². The van der Waals surface area contributed by atoms with Gasteiger partial charge in [0.05, 0.1) is 17.4 Å². The van der Waals surface area contributed by atoms with Crippen molar-refractivity contribution in [2.75, 3.05) is 28.5 Å². The average Bonchev–Trinajstić information content (AvgIpc) is 3.52. The molecule has 0 fully saturated rings. The second-order valence-corrected chi connectivity index (χ2v) is 12.7. The average molecular weight is 493 g/mol. The summed E-state index contributed by atoms with van der Waals surface area (Å²) in [7, 11) is -3.57. The highest BCUT2D eigenvalue weighted by Crippen LogP contribution is 2.44. The number of hydrogen-bond acceptors (Lipinski definition) is 7. The van der Waals surface area contributed by atoms with Crippen LogP contribution in [0.25, 0.3) is 0 Å². The highest BCUT2D eigenvalue weighted by molar-refractivity contribution is 8.19. The summed E-state index contributed by atoms with van der Waals surface area (Å²) in [6, 6.07) is 5.85. The number of hydrogen-bond donors (Lipinski definition) is 1. The van der Waals surface area contributed by atoms with E-state index in [-0.39, 0.29) is 12.1 Å². The molecule has 1 aromatic heterocycles. The molecule has 2 aliphatic heterocycles. The number of rotatable bonds is 9. The van der Waals surface area contributed by atoms with Crippen LogP contribution in [0.3, 0.4) is 0 Å². The first-order valence-corrected chi connectivity index (χ1v) is 14.5. The van der Waals surface area contributed by atoms with E-state index >= 15 is 0 Å². The Hall–Kier alpha value is -1.55. The number of allylic oxidation sites excluding steroid dienone is 1. The number of nitrogens with one attached hydrogen (secondary N) is 1. The Morgan fingerprint density at radius 2 is 2.03 bits per heavy atom. The lowest BCUT2D eigenvalue weighted by Crippen LogP contribution is -2.37. The van der Waals surface area contributed by atoms with Crippen molar-refractivity contribution in [3.63, 3.8) is 0 Å². The molecule has 1 unspecified atom stereocenters. The molecular weight excluding hydrogens is 460 g/mol. The van der Waals surface area contributed by atoms with Gasteiger partial charge >= 0.3 is 0 Å². The molecule has 174 valence electrons. The third kappa shape index (κ3) is 4.58. The fourth-order valence-corrected chi connectivity index (χ4v) is 8.54. The van der Waals surface area contributed by atoms with E-state index in [2.05, 4.69) is 30.1 Å². The van der Waals surface area contributed by atoms with E-state index in [1.54, 1.807) is 15.6 Å². The zero-order valence-corrected chi connectivity index (χ0v) is 21.6. The molecule has 1 N–H and O–H groups in total. The predicted octanol–water partition coefficient (Wildman–Crippen LogP) is 5.22. The van der Waals surface area contributed by atoms with Crippen LogP contribution in [0.15, 0.2) is 34.7 Å². The van der Waals surface area contributed by atoms with Gasteiger partial charge in [-0.25, -0.2) is 13.4 Å². The number of thiazole rings is 1. The van der Waals surface area contributed by atoms with Crippen molar-refractivity contribution < 1.29 is 8.42 Å². The minimum absolute atomic E-state index is 0.0680. The molecule has 4 rings (SSSR count). The summed E-state index contributed by atoms with van der Waals surface area (Å²) in [5.74, 6) is 0.827. The van der Waals surface area contributed by atoms with Crippen LogP contribution in [0.4, 0.5) is 11.4 Å². The Balaban J connectivity index is 1.61. The van der Waals surface area contributed by atoms with Gasteiger partial charge in [-0.2, -0.15) is 0 Å². The molecule has 0 aliphatic carbocycles. The number of anilines is 2. The summed E-state index contributed by atoms with van der Waals surface area (Å²) in [6.45, 7) is 11.2. The summed E-state index contributed by atoms with van der Waals surface area (Å²) in [5.41, 5.74) is 2.79. The number of para-hydroxylation sites is 1. The van der Waals surface area contributed by atoms with E-state index < -0.39 is 10.0 Å². The maximum atomic E-state index is 13.5. The van der Waals surface area contributed by atoms with Crippen molar-refractivity contribution in [3.05, 3.63) is 50.2 Å². The van der Waals surface area contributed by atoms with E-state index in [9.17, 15) is 8.42 Å². The maximum Gasteiger partial charge on any atom is 0.270 e. The predicted molar refractivity (Wildman–Crippen MR) is 137 cm³/mol. The number of aromatic nitrogens is 1. The van der Waals surface area contributed by atoms with E-state index in [0.717, 1.165) is 60.2 Å². The fourth-order valence-electron chi connectivity index (χ4n) is 4.28. The summed E-state index contributed by atoms with van der Waals surface area (Å²) >= 11 is 3.18. The van der Waals surface area contributed by atoms with Crippen LogP contribution >= 0.6 is 23.1 Å². The molecule has 0 amide bonds. The molecular formula is C23H32N4O2S3. The number of benzene rings is 1. The van der Waals surface area contributed by atoms with E-state index in [4.69, 9.17) is 4.98 Å². The van der Waals surface area contributed by atoms with E-state index in [1.165, 1.54) is 16.6 Å². The third-order valence-electron chi connectivity index (χ3n) is 5.91. The van der Waals surface area contributed by atoms with Crippen LogP contribution in [0.2, 0.25) is 0 Å². The molecule has 0 bridgehead atoms. The lowest BCUT2D eigenvalue weighted by molar-refractivity contribution is 0.298. The maximum absolute atomic E-state index is 13.5. The molecule has 0 spiro atoms. The standard InChI is InChI=1S/C23H32N4O2S3/c1-5-26(6-2)15-18-14-24-23(31-18)19-13-17-9-7-10-20(22(17)25-19)27(16(3)4)32(28,29)21-11-8-12-30-21/h7,9-11,14,16,19,25H,5-6,8,12-13,15H2,1-4H3. The minimum Gasteiger partial charge on any atom is -0.374 e. The lowest BCUT2D eigenvalue weighted by Gasteiger charge is -2.30. The van der Waals surface area contributed by atoms with Crippen LogP contribution in [-0.2, 0) is 23.0 Å². The molecule has 2 aromatic rings. The number of sulfonamides is 1. The van der Waals surface area contributed by atoms with Gasteiger partial charge in [0.1, 0.15) is 9.24 Å². The van der Waals surface area contributed by atoms with Gasteiger partial charge in [0.2, 0.25) is 0 Å². The van der Waals surface area contributed by atoms with Gasteiger partial charge in [0.15, 0.2) is 0 Å². The molecule has 32 heavy (non-hydrogen) atoms. The van der Waals surface area contributed by atoms with Gasteiger partial charge < -0.3 is 5.32 Å². The first-order valence-electron chi connectivity index (χ1n) is 11.3. The summed E-state index contributed by atoms with van der Waals surface area (Å²) in [5, 5.41) is 4.67. The second-order valence-electron chi connectivity index (χ2n) is 8.39. The van der Waals surface area contributed by atoms with Gasteiger partial charge in [-0.05, 0) is 45.0 Å². The Bertz CT molecular complexity index is 1090. The Morgan fingerprint density at radius 1 is 1.25 bits per heavy atom. The zero-order valence-electron chi connectivity index (χ0n) is 19.2. The lowest BCUT2D eigenvalue weighted by atomic mass is 10.1. The largest absolute Gasteiger partial charge is 0.374 e. The summed E-state index contributed by atoms with van der Waals surface area (Å²) in [6.07, 6.45) is 5.45. The van der Waals surface area contributed by atoms with Gasteiger partial charge in [-0.15, -0.1) is 23.1 Å². The van der Waals surface area contributed by atoms with Crippen LogP contribution < -0.4 is 9.62 Å². The topological polar surface area (TPSA) is 65.5 Å². The first-order chi connectivity index (χ1) is 15.3. The van der Waals surface area contributed by atoms with Gasteiger partial charge in [0, 0.05) is 35.8 Å². The number of fused-ring (bicyclic) bond motifs is 1. The second kappa shape index (κ2) is 9.75. The first kappa shape index (κ1) is 23.6. The highest BCUT2D eigenvalue weighted by Gasteiger charge is 2.35. The number of thioether (sulfide) groups is 1. The van der Waals surface area contributed by atoms with Crippen LogP contribution in [0.5, 0.6) is 0 Å². The molecule has 0 saturated heterocycles.